The van der Waals surface area contributed by atoms with Gasteiger partial charge in [-0.25, -0.2) is 0 Å². The lowest BCUT2D eigenvalue weighted by molar-refractivity contribution is -0.0476. The molecule has 0 bridgehead atoms. The maximum atomic E-state index is 10.1. The standard InChI is InChI=1S/C22H35NO/c1-14(23-4)18-7-8-19-17-6-5-15-13-16(24)9-11-21(15,2)20(17)10-12-22(18,19)3/h13,16-20,24H,5-12H2,1-4H3/t16-,17+,18-,19+,20+,21+,22-/m1/s1. The van der Waals surface area contributed by atoms with Gasteiger partial charge in [-0.2, -0.15) is 0 Å². The van der Waals surface area contributed by atoms with Gasteiger partial charge in [0.25, 0.3) is 0 Å². The average Bonchev–Trinajstić information content (AvgIpc) is 2.92. The highest BCUT2D eigenvalue weighted by Gasteiger charge is 2.59. The summed E-state index contributed by atoms with van der Waals surface area (Å²) in [6.45, 7) is 7.36. The zero-order valence-electron chi connectivity index (χ0n) is 16.0. The van der Waals surface area contributed by atoms with Gasteiger partial charge in [-0.1, -0.05) is 25.5 Å². The van der Waals surface area contributed by atoms with Gasteiger partial charge in [0.1, 0.15) is 0 Å². The minimum absolute atomic E-state index is 0.183. The summed E-state index contributed by atoms with van der Waals surface area (Å²) in [4.78, 5) is 4.58. The first-order chi connectivity index (χ1) is 11.4. The number of aliphatic hydroxyl groups excluding tert-OH is 1. The molecule has 1 N–H and O–H groups in total. The van der Waals surface area contributed by atoms with Crippen LogP contribution in [0.25, 0.3) is 0 Å². The van der Waals surface area contributed by atoms with Crippen LogP contribution in [0.2, 0.25) is 0 Å². The first kappa shape index (κ1) is 16.8. The predicted molar refractivity (Wildman–Crippen MR) is 100 cm³/mol. The maximum Gasteiger partial charge on any atom is 0.0724 e. The molecule has 0 heterocycles. The number of aliphatic hydroxyl groups is 1. The molecule has 0 aliphatic heterocycles. The second kappa shape index (κ2) is 5.69. The Balaban J connectivity index is 1.65. The largest absolute Gasteiger partial charge is 0.389 e. The van der Waals surface area contributed by atoms with Gasteiger partial charge < -0.3 is 5.11 Å². The van der Waals surface area contributed by atoms with Crippen LogP contribution in [0.4, 0.5) is 0 Å². The van der Waals surface area contributed by atoms with E-state index in [1.54, 1.807) is 5.57 Å². The van der Waals surface area contributed by atoms with Crippen molar-refractivity contribution in [2.45, 2.75) is 78.2 Å². The summed E-state index contributed by atoms with van der Waals surface area (Å²) in [6.07, 6.45) is 12.3. The van der Waals surface area contributed by atoms with Crippen molar-refractivity contribution in [3.63, 3.8) is 0 Å². The number of hydrogen-bond acceptors (Lipinski definition) is 2. The van der Waals surface area contributed by atoms with Gasteiger partial charge in [0, 0.05) is 18.7 Å². The number of fused-ring (bicyclic) bond motifs is 5. The van der Waals surface area contributed by atoms with Gasteiger partial charge in [0.05, 0.1) is 6.10 Å². The average molecular weight is 330 g/mol. The Kier molecular flexibility index (Phi) is 3.99. The van der Waals surface area contributed by atoms with E-state index in [1.807, 2.05) is 7.05 Å². The van der Waals surface area contributed by atoms with Gasteiger partial charge in [-0.05, 0) is 86.9 Å². The highest BCUT2D eigenvalue weighted by atomic mass is 16.3. The van der Waals surface area contributed by atoms with Crippen LogP contribution >= 0.6 is 0 Å². The van der Waals surface area contributed by atoms with Crippen molar-refractivity contribution >= 4 is 5.71 Å². The molecule has 3 saturated carbocycles. The van der Waals surface area contributed by atoms with Gasteiger partial charge in [-0.3, -0.25) is 4.99 Å². The molecule has 134 valence electrons. The fraction of sp³-hybridized carbons (Fsp3) is 0.864. The van der Waals surface area contributed by atoms with Crippen molar-refractivity contribution in [3.8, 4) is 0 Å². The molecule has 0 saturated heterocycles. The van der Waals surface area contributed by atoms with E-state index < -0.39 is 0 Å². The Morgan fingerprint density at radius 3 is 2.62 bits per heavy atom. The first-order valence-electron chi connectivity index (χ1n) is 10.2. The quantitative estimate of drug-likeness (QED) is 0.532. The van der Waals surface area contributed by atoms with Crippen molar-refractivity contribution in [3.05, 3.63) is 11.6 Å². The fourth-order valence-corrected chi connectivity index (χ4v) is 7.55. The second-order valence-corrected chi connectivity index (χ2v) is 9.67. The Morgan fingerprint density at radius 2 is 1.88 bits per heavy atom. The van der Waals surface area contributed by atoms with Crippen molar-refractivity contribution in [2.24, 2.45) is 39.5 Å². The molecule has 0 unspecified atom stereocenters. The molecule has 24 heavy (non-hydrogen) atoms. The summed E-state index contributed by atoms with van der Waals surface area (Å²) in [5, 5.41) is 10.1. The van der Waals surface area contributed by atoms with Crippen LogP contribution in [-0.4, -0.2) is 24.0 Å². The first-order valence-corrected chi connectivity index (χ1v) is 10.2. The van der Waals surface area contributed by atoms with Crippen LogP contribution < -0.4 is 0 Å². The van der Waals surface area contributed by atoms with E-state index in [-0.39, 0.29) is 6.10 Å². The van der Waals surface area contributed by atoms with E-state index >= 15 is 0 Å². The van der Waals surface area contributed by atoms with Gasteiger partial charge >= 0.3 is 0 Å². The van der Waals surface area contributed by atoms with Gasteiger partial charge in [0.2, 0.25) is 0 Å². The second-order valence-electron chi connectivity index (χ2n) is 9.67. The Bertz CT molecular complexity index is 579. The summed E-state index contributed by atoms with van der Waals surface area (Å²) in [5.74, 6) is 3.35. The van der Waals surface area contributed by atoms with E-state index in [0.29, 0.717) is 16.7 Å². The summed E-state index contributed by atoms with van der Waals surface area (Å²) in [7, 11) is 1.98. The number of aliphatic imine (C=N–C) groups is 1. The Morgan fingerprint density at radius 1 is 1.08 bits per heavy atom. The van der Waals surface area contributed by atoms with Crippen LogP contribution in [0, 0.1) is 34.5 Å². The lowest BCUT2D eigenvalue weighted by atomic mass is 9.46. The van der Waals surface area contributed by atoms with Crippen LogP contribution in [0.15, 0.2) is 16.6 Å². The van der Waals surface area contributed by atoms with Crippen molar-refractivity contribution in [2.75, 3.05) is 7.05 Å². The molecule has 2 heteroatoms. The molecule has 0 amide bonds. The predicted octanol–water partition coefficient (Wildman–Crippen LogP) is 5.02. The van der Waals surface area contributed by atoms with E-state index in [9.17, 15) is 5.11 Å². The molecule has 0 aromatic heterocycles. The molecule has 2 nitrogen and oxygen atoms in total. The normalized spacial score (nSPS) is 51.5. The van der Waals surface area contributed by atoms with Gasteiger partial charge in [0.15, 0.2) is 0 Å². The fourth-order valence-electron chi connectivity index (χ4n) is 7.55. The minimum atomic E-state index is -0.183. The van der Waals surface area contributed by atoms with Crippen molar-refractivity contribution < 1.29 is 5.11 Å². The Labute approximate surface area is 147 Å². The molecular formula is C22H35NO. The van der Waals surface area contributed by atoms with E-state index in [2.05, 4.69) is 31.8 Å². The van der Waals surface area contributed by atoms with E-state index in [0.717, 1.165) is 24.2 Å². The molecule has 0 spiro atoms. The highest BCUT2D eigenvalue weighted by Crippen LogP contribution is 2.66. The number of allylic oxidation sites excluding steroid dienone is 1. The van der Waals surface area contributed by atoms with Crippen molar-refractivity contribution in [1.82, 2.24) is 0 Å². The molecule has 0 aromatic carbocycles. The SMILES string of the molecule is CN=C(C)[C@H]1CC[C@H]2[C@@H]3CCC4=C[C@H](O)CC[C@]4(C)[C@H]3CC[C@]12C. The third-order valence-electron chi connectivity index (χ3n) is 8.95. The molecule has 4 aliphatic carbocycles. The molecule has 0 aromatic rings. The van der Waals surface area contributed by atoms with Crippen LogP contribution in [0.5, 0.6) is 0 Å². The van der Waals surface area contributed by atoms with E-state index in [4.69, 9.17) is 0 Å². The summed E-state index contributed by atoms with van der Waals surface area (Å²) in [6, 6.07) is 0. The lowest BCUT2D eigenvalue weighted by Gasteiger charge is -2.58. The molecule has 3 fully saturated rings. The number of hydrogen-bond donors (Lipinski definition) is 1. The molecule has 7 atom stereocenters. The molecular weight excluding hydrogens is 294 g/mol. The monoisotopic (exact) mass is 329 g/mol. The smallest absolute Gasteiger partial charge is 0.0724 e. The summed E-state index contributed by atoms with van der Waals surface area (Å²) >= 11 is 0. The van der Waals surface area contributed by atoms with Gasteiger partial charge in [-0.15, -0.1) is 0 Å². The van der Waals surface area contributed by atoms with Crippen LogP contribution in [0.1, 0.15) is 72.1 Å². The highest BCUT2D eigenvalue weighted by molar-refractivity contribution is 5.85. The van der Waals surface area contributed by atoms with Crippen molar-refractivity contribution in [1.29, 1.82) is 0 Å². The third-order valence-corrected chi connectivity index (χ3v) is 8.95. The van der Waals surface area contributed by atoms with Crippen LogP contribution in [-0.2, 0) is 0 Å². The van der Waals surface area contributed by atoms with E-state index in [1.165, 1.54) is 50.7 Å². The maximum absolute atomic E-state index is 10.1. The lowest BCUT2D eigenvalue weighted by Crippen LogP contribution is -2.51. The minimum Gasteiger partial charge on any atom is -0.389 e. The molecule has 0 radical (unpaired) electrons. The number of rotatable bonds is 1. The molecule has 4 rings (SSSR count). The third kappa shape index (κ3) is 2.21. The Hall–Kier alpha value is -0.630. The zero-order chi connectivity index (χ0) is 17.1. The zero-order valence-corrected chi connectivity index (χ0v) is 16.0. The van der Waals surface area contributed by atoms with Crippen LogP contribution in [0.3, 0.4) is 0 Å². The molecule has 4 aliphatic rings. The topological polar surface area (TPSA) is 32.6 Å². The summed E-state index contributed by atoms with van der Waals surface area (Å²) in [5.41, 5.74) is 3.83. The number of nitrogens with zero attached hydrogens (tertiary/aromatic N) is 1. The summed E-state index contributed by atoms with van der Waals surface area (Å²) < 4.78 is 0.